The van der Waals surface area contributed by atoms with Crippen molar-refractivity contribution in [3.05, 3.63) is 95.2 Å². The molecule has 8 nitrogen and oxygen atoms in total. The molecule has 5 rings (SSSR count). The lowest BCUT2D eigenvalue weighted by atomic mass is 10.0. The molecule has 4 aromatic rings. The van der Waals surface area contributed by atoms with Gasteiger partial charge in [0.1, 0.15) is 12.4 Å². The number of benzene rings is 2. The molecular formula is C27H19F4N5O3. The quantitative estimate of drug-likeness (QED) is 0.364. The number of aliphatic hydroxyl groups excluding tert-OH is 1. The van der Waals surface area contributed by atoms with Crippen LogP contribution in [0.1, 0.15) is 27.2 Å². The van der Waals surface area contributed by atoms with Gasteiger partial charge in [0.2, 0.25) is 5.91 Å². The number of amides is 2. The predicted octanol–water partition coefficient (Wildman–Crippen LogP) is 4.45. The Morgan fingerprint density at radius 2 is 1.72 bits per heavy atom. The van der Waals surface area contributed by atoms with Gasteiger partial charge in [0, 0.05) is 30.1 Å². The smallest absolute Gasteiger partial charge is 0.387 e. The minimum absolute atomic E-state index is 0.129. The third-order valence-electron chi connectivity index (χ3n) is 6.14. The first kappa shape index (κ1) is 25.9. The van der Waals surface area contributed by atoms with Gasteiger partial charge in [-0.2, -0.15) is 13.2 Å². The molecule has 198 valence electrons. The zero-order valence-corrected chi connectivity index (χ0v) is 20.0. The molecule has 39 heavy (non-hydrogen) atoms. The van der Waals surface area contributed by atoms with Crippen molar-refractivity contribution in [2.24, 2.45) is 0 Å². The zero-order valence-electron chi connectivity index (χ0n) is 20.0. The van der Waals surface area contributed by atoms with Crippen molar-refractivity contribution in [2.45, 2.75) is 19.3 Å². The minimum atomic E-state index is -4.92. The number of halogens is 4. The van der Waals surface area contributed by atoms with E-state index in [2.05, 4.69) is 20.3 Å². The Morgan fingerprint density at radius 1 is 1.00 bits per heavy atom. The Balaban J connectivity index is 1.57. The fraction of sp³-hybridized carbons (Fsp3) is 0.148. The third-order valence-corrected chi connectivity index (χ3v) is 6.14. The van der Waals surface area contributed by atoms with Gasteiger partial charge in [-0.15, -0.1) is 0 Å². The molecule has 1 aliphatic rings. The van der Waals surface area contributed by atoms with Gasteiger partial charge in [-0.3, -0.25) is 9.59 Å². The lowest BCUT2D eigenvalue weighted by Crippen LogP contribution is -2.27. The molecule has 1 aliphatic heterocycles. The van der Waals surface area contributed by atoms with Crippen molar-refractivity contribution in [2.75, 3.05) is 11.9 Å². The summed E-state index contributed by atoms with van der Waals surface area (Å²) in [6, 6.07) is 12.8. The van der Waals surface area contributed by atoms with Gasteiger partial charge in [0.05, 0.1) is 34.7 Å². The van der Waals surface area contributed by atoms with Crippen LogP contribution in [0.25, 0.3) is 22.6 Å². The monoisotopic (exact) mass is 537 g/mol. The number of aliphatic hydroxyl groups is 1. The summed E-state index contributed by atoms with van der Waals surface area (Å²) in [5.74, 6) is -3.22. The number of nitrogens with zero attached hydrogens (tertiary/aromatic N) is 4. The average molecular weight is 537 g/mol. The highest BCUT2D eigenvalue weighted by atomic mass is 19.4. The normalized spacial score (nSPS) is 12.8. The van der Waals surface area contributed by atoms with Crippen molar-refractivity contribution < 1.29 is 32.3 Å². The Kier molecular flexibility index (Phi) is 6.79. The van der Waals surface area contributed by atoms with Crippen LogP contribution in [0.3, 0.4) is 0 Å². The molecule has 2 N–H and O–H groups in total. The molecule has 3 heterocycles. The Hall–Kier alpha value is -4.71. The van der Waals surface area contributed by atoms with Gasteiger partial charge in [-0.25, -0.2) is 19.3 Å². The maximum Gasteiger partial charge on any atom is 0.417 e. The van der Waals surface area contributed by atoms with Gasteiger partial charge in [-0.1, -0.05) is 30.3 Å². The number of hydrogen-bond donors (Lipinski definition) is 2. The van der Waals surface area contributed by atoms with Crippen LogP contribution in [-0.4, -0.2) is 43.4 Å². The molecule has 0 spiro atoms. The number of pyridine rings is 1. The van der Waals surface area contributed by atoms with Crippen LogP contribution in [0.2, 0.25) is 0 Å². The van der Waals surface area contributed by atoms with Crippen LogP contribution in [0, 0.1) is 5.82 Å². The van der Waals surface area contributed by atoms with Crippen molar-refractivity contribution in [3.63, 3.8) is 0 Å². The summed E-state index contributed by atoms with van der Waals surface area (Å²) in [6.45, 7) is -0.398. The highest BCUT2D eigenvalue weighted by Gasteiger charge is 2.36. The minimum Gasteiger partial charge on any atom is -0.387 e. The summed E-state index contributed by atoms with van der Waals surface area (Å²) < 4.78 is 56.1. The first-order chi connectivity index (χ1) is 18.7. The number of nitrogens with one attached hydrogen (secondary N) is 1. The number of alkyl halides is 3. The van der Waals surface area contributed by atoms with Gasteiger partial charge in [0.15, 0.2) is 5.82 Å². The Bertz CT molecular complexity index is 1560. The maximum atomic E-state index is 15.0. The van der Waals surface area contributed by atoms with Gasteiger partial charge < -0.3 is 15.3 Å². The van der Waals surface area contributed by atoms with E-state index in [-0.39, 0.29) is 30.7 Å². The van der Waals surface area contributed by atoms with Crippen LogP contribution >= 0.6 is 0 Å². The molecular weight excluding hydrogens is 518 g/mol. The van der Waals surface area contributed by atoms with E-state index in [9.17, 15) is 32.3 Å². The summed E-state index contributed by atoms with van der Waals surface area (Å²) in [7, 11) is 0. The number of rotatable bonds is 5. The van der Waals surface area contributed by atoms with Crippen molar-refractivity contribution in [3.8, 4) is 22.6 Å². The second-order valence-electron chi connectivity index (χ2n) is 8.67. The van der Waals surface area contributed by atoms with E-state index in [0.29, 0.717) is 22.5 Å². The van der Waals surface area contributed by atoms with E-state index in [1.165, 1.54) is 23.4 Å². The SMILES string of the molecule is O=C(Nc1cc2c(nc1-c1ccccc1)CN(C(=O)CO)C2)c1cc(-c2ncccn2)c(C(F)(F)F)cc1F. The molecule has 0 saturated heterocycles. The van der Waals surface area contributed by atoms with Crippen LogP contribution < -0.4 is 5.32 Å². The van der Waals surface area contributed by atoms with Crippen LogP contribution in [0.4, 0.5) is 23.2 Å². The molecule has 12 heteroatoms. The topological polar surface area (TPSA) is 108 Å². The zero-order chi connectivity index (χ0) is 27.7. The van der Waals surface area contributed by atoms with Crippen molar-refractivity contribution >= 4 is 17.5 Å². The molecule has 0 fully saturated rings. The average Bonchev–Trinajstić information content (AvgIpc) is 3.35. The van der Waals surface area contributed by atoms with Crippen LogP contribution in [0.5, 0.6) is 0 Å². The molecule has 2 amide bonds. The number of aromatic nitrogens is 3. The molecule has 0 saturated carbocycles. The van der Waals surface area contributed by atoms with E-state index < -0.39 is 47.1 Å². The molecule has 0 bridgehead atoms. The summed E-state index contributed by atoms with van der Waals surface area (Å²) >= 11 is 0. The highest BCUT2D eigenvalue weighted by Crippen LogP contribution is 2.38. The van der Waals surface area contributed by atoms with Crippen molar-refractivity contribution in [1.29, 1.82) is 0 Å². The van der Waals surface area contributed by atoms with Crippen LogP contribution in [-0.2, 0) is 24.1 Å². The first-order valence-corrected chi connectivity index (χ1v) is 11.6. The molecule has 2 aromatic heterocycles. The van der Waals surface area contributed by atoms with Crippen LogP contribution in [0.15, 0.2) is 67.0 Å². The standard InChI is InChI=1S/C27H19F4N5O3/c28-20-11-19(27(29,30)31)17(25-32-7-4-8-33-25)10-18(20)26(39)35-21-9-16-12-36(23(38)14-37)13-22(16)34-24(21)15-5-2-1-3-6-15/h1-11,37H,12-14H2,(H,35,39). The second kappa shape index (κ2) is 10.2. The molecule has 0 unspecified atom stereocenters. The molecule has 2 aromatic carbocycles. The molecule has 0 radical (unpaired) electrons. The van der Waals surface area contributed by atoms with Gasteiger partial charge >= 0.3 is 6.18 Å². The van der Waals surface area contributed by atoms with E-state index in [1.807, 2.05) is 0 Å². The second-order valence-corrected chi connectivity index (χ2v) is 8.67. The van der Waals surface area contributed by atoms with E-state index in [1.54, 1.807) is 36.4 Å². The largest absolute Gasteiger partial charge is 0.417 e. The van der Waals surface area contributed by atoms with E-state index in [4.69, 9.17) is 0 Å². The molecule has 0 aliphatic carbocycles. The summed E-state index contributed by atoms with van der Waals surface area (Å²) in [5.41, 5.74) is -0.282. The van der Waals surface area contributed by atoms with Gasteiger partial charge in [0.25, 0.3) is 5.91 Å². The number of carbonyl (C=O) groups excluding carboxylic acids is 2. The number of anilines is 1. The number of carbonyl (C=O) groups is 2. The highest BCUT2D eigenvalue weighted by molar-refractivity contribution is 6.07. The lowest BCUT2D eigenvalue weighted by Gasteiger charge is -2.16. The maximum absolute atomic E-state index is 15.0. The summed E-state index contributed by atoms with van der Waals surface area (Å²) in [4.78, 5) is 39.0. The Morgan fingerprint density at radius 3 is 2.38 bits per heavy atom. The third kappa shape index (κ3) is 5.18. The van der Waals surface area contributed by atoms with Crippen molar-refractivity contribution in [1.82, 2.24) is 19.9 Å². The van der Waals surface area contributed by atoms with Gasteiger partial charge in [-0.05, 0) is 29.8 Å². The number of fused-ring (bicyclic) bond motifs is 1. The summed E-state index contributed by atoms with van der Waals surface area (Å²) in [6.07, 6.45) is -2.45. The Labute approximate surface area is 219 Å². The predicted molar refractivity (Wildman–Crippen MR) is 131 cm³/mol. The fourth-order valence-electron chi connectivity index (χ4n) is 4.29. The first-order valence-electron chi connectivity index (χ1n) is 11.6. The van der Waals surface area contributed by atoms with E-state index >= 15 is 0 Å². The number of hydrogen-bond acceptors (Lipinski definition) is 6. The fourth-order valence-corrected chi connectivity index (χ4v) is 4.29. The summed E-state index contributed by atoms with van der Waals surface area (Å²) in [5, 5.41) is 11.8. The molecule has 0 atom stereocenters. The lowest BCUT2D eigenvalue weighted by molar-refractivity contribution is -0.137. The van der Waals surface area contributed by atoms with E-state index in [0.717, 1.165) is 6.07 Å².